The lowest BCUT2D eigenvalue weighted by Crippen LogP contribution is -2.43. The maximum absolute atomic E-state index is 9.30. The molecule has 0 aromatic heterocycles. The van der Waals surface area contributed by atoms with Crippen LogP contribution in [0, 0.1) is 5.92 Å². The SMILES string of the molecule is CC(C)N1CCC(NC2CCCC2CO)C1. The number of likely N-dealkylation sites (tertiary alicyclic amines) is 1. The standard InChI is InChI=1S/C13H26N2O/c1-10(2)15-7-6-12(8-15)14-13-5-3-4-11(13)9-16/h10-14,16H,3-9H2,1-2H3. The summed E-state index contributed by atoms with van der Waals surface area (Å²) in [4.78, 5) is 2.54. The third-order valence-corrected chi connectivity index (χ3v) is 4.29. The van der Waals surface area contributed by atoms with Crippen molar-refractivity contribution in [2.75, 3.05) is 19.7 Å². The summed E-state index contributed by atoms with van der Waals surface area (Å²) in [5.41, 5.74) is 0. The van der Waals surface area contributed by atoms with Crippen LogP contribution in [-0.2, 0) is 0 Å². The zero-order chi connectivity index (χ0) is 11.5. The van der Waals surface area contributed by atoms with Gasteiger partial charge in [-0.2, -0.15) is 0 Å². The summed E-state index contributed by atoms with van der Waals surface area (Å²) in [5, 5.41) is 13.1. The Morgan fingerprint density at radius 2 is 2.12 bits per heavy atom. The van der Waals surface area contributed by atoms with E-state index in [1.165, 1.54) is 38.8 Å². The number of hydrogen-bond acceptors (Lipinski definition) is 3. The first-order valence-corrected chi connectivity index (χ1v) is 6.81. The lowest BCUT2D eigenvalue weighted by Gasteiger charge is -2.25. The van der Waals surface area contributed by atoms with Crippen LogP contribution >= 0.6 is 0 Å². The fourth-order valence-corrected chi connectivity index (χ4v) is 3.17. The summed E-state index contributed by atoms with van der Waals surface area (Å²) in [7, 11) is 0. The Morgan fingerprint density at radius 3 is 2.75 bits per heavy atom. The second-order valence-corrected chi connectivity index (χ2v) is 5.72. The molecule has 3 unspecified atom stereocenters. The Kier molecular flexibility index (Phi) is 4.22. The van der Waals surface area contributed by atoms with E-state index in [1.807, 2.05) is 0 Å². The van der Waals surface area contributed by atoms with Gasteiger partial charge in [0.1, 0.15) is 0 Å². The molecule has 0 spiro atoms. The average molecular weight is 226 g/mol. The van der Waals surface area contributed by atoms with Gasteiger partial charge in [-0.1, -0.05) is 6.42 Å². The van der Waals surface area contributed by atoms with E-state index < -0.39 is 0 Å². The molecule has 94 valence electrons. The van der Waals surface area contributed by atoms with Gasteiger partial charge in [-0.25, -0.2) is 0 Å². The van der Waals surface area contributed by atoms with E-state index in [0.717, 1.165) is 0 Å². The van der Waals surface area contributed by atoms with Crippen LogP contribution in [0.25, 0.3) is 0 Å². The lowest BCUT2D eigenvalue weighted by molar-refractivity contribution is 0.197. The minimum absolute atomic E-state index is 0.359. The van der Waals surface area contributed by atoms with Gasteiger partial charge >= 0.3 is 0 Å². The minimum Gasteiger partial charge on any atom is -0.396 e. The fraction of sp³-hybridized carbons (Fsp3) is 1.00. The number of aliphatic hydroxyl groups is 1. The normalized spacial score (nSPS) is 36.4. The smallest absolute Gasteiger partial charge is 0.0474 e. The first kappa shape index (κ1) is 12.3. The third-order valence-electron chi connectivity index (χ3n) is 4.29. The molecular formula is C13H26N2O. The highest BCUT2D eigenvalue weighted by atomic mass is 16.3. The Hall–Kier alpha value is -0.120. The van der Waals surface area contributed by atoms with Crippen LogP contribution in [0.4, 0.5) is 0 Å². The fourth-order valence-electron chi connectivity index (χ4n) is 3.17. The summed E-state index contributed by atoms with van der Waals surface area (Å²) in [6.45, 7) is 7.32. The van der Waals surface area contributed by atoms with Crippen LogP contribution in [0.5, 0.6) is 0 Å². The minimum atomic E-state index is 0.359. The second kappa shape index (κ2) is 5.48. The third kappa shape index (κ3) is 2.76. The van der Waals surface area contributed by atoms with Crippen molar-refractivity contribution >= 4 is 0 Å². The van der Waals surface area contributed by atoms with Gasteiger partial charge in [0.05, 0.1) is 0 Å². The number of aliphatic hydroxyl groups excluding tert-OH is 1. The largest absolute Gasteiger partial charge is 0.396 e. The van der Waals surface area contributed by atoms with Gasteiger partial charge < -0.3 is 10.4 Å². The molecule has 2 aliphatic rings. The summed E-state index contributed by atoms with van der Waals surface area (Å²) in [6.07, 6.45) is 5.01. The van der Waals surface area contributed by atoms with E-state index in [2.05, 4.69) is 24.1 Å². The highest BCUT2D eigenvalue weighted by Crippen LogP contribution is 2.26. The van der Waals surface area contributed by atoms with Gasteiger partial charge in [0.2, 0.25) is 0 Å². The molecule has 0 aromatic carbocycles. The van der Waals surface area contributed by atoms with Crippen molar-refractivity contribution < 1.29 is 5.11 Å². The average Bonchev–Trinajstić information content (AvgIpc) is 2.87. The highest BCUT2D eigenvalue weighted by molar-refractivity contribution is 4.90. The van der Waals surface area contributed by atoms with Gasteiger partial charge in [0.25, 0.3) is 0 Å². The van der Waals surface area contributed by atoms with Crippen LogP contribution in [0.2, 0.25) is 0 Å². The lowest BCUT2D eigenvalue weighted by atomic mass is 10.0. The number of hydrogen-bond donors (Lipinski definition) is 2. The summed E-state index contributed by atoms with van der Waals surface area (Å²) in [5.74, 6) is 0.507. The first-order chi connectivity index (χ1) is 7.70. The van der Waals surface area contributed by atoms with Gasteiger partial charge in [-0.3, -0.25) is 4.90 Å². The van der Waals surface area contributed by atoms with E-state index >= 15 is 0 Å². The zero-order valence-electron chi connectivity index (χ0n) is 10.7. The molecule has 1 aliphatic heterocycles. The second-order valence-electron chi connectivity index (χ2n) is 5.72. The maximum Gasteiger partial charge on any atom is 0.0474 e. The Bertz CT molecular complexity index is 220. The molecule has 3 atom stereocenters. The van der Waals surface area contributed by atoms with E-state index in [0.29, 0.717) is 30.7 Å². The monoisotopic (exact) mass is 226 g/mol. The topological polar surface area (TPSA) is 35.5 Å². The van der Waals surface area contributed by atoms with Crippen LogP contribution in [-0.4, -0.2) is 47.8 Å². The molecule has 3 heteroatoms. The number of nitrogens with one attached hydrogen (secondary N) is 1. The van der Waals surface area contributed by atoms with Crippen molar-refractivity contribution in [2.24, 2.45) is 5.92 Å². The van der Waals surface area contributed by atoms with Crippen molar-refractivity contribution in [2.45, 2.75) is 57.7 Å². The highest BCUT2D eigenvalue weighted by Gasteiger charge is 2.31. The molecule has 2 N–H and O–H groups in total. The molecule has 2 fully saturated rings. The molecule has 1 aliphatic carbocycles. The Labute approximate surface area is 99.2 Å². The van der Waals surface area contributed by atoms with E-state index in [-0.39, 0.29) is 0 Å². The Morgan fingerprint density at radius 1 is 1.31 bits per heavy atom. The molecule has 0 bridgehead atoms. The Balaban J connectivity index is 1.78. The molecule has 1 saturated heterocycles. The summed E-state index contributed by atoms with van der Waals surface area (Å²) < 4.78 is 0. The van der Waals surface area contributed by atoms with Gasteiger partial charge in [-0.15, -0.1) is 0 Å². The number of rotatable bonds is 4. The molecule has 16 heavy (non-hydrogen) atoms. The molecule has 0 aromatic rings. The van der Waals surface area contributed by atoms with Crippen molar-refractivity contribution in [1.29, 1.82) is 0 Å². The number of nitrogens with zero attached hydrogens (tertiary/aromatic N) is 1. The first-order valence-electron chi connectivity index (χ1n) is 6.81. The molecule has 3 nitrogen and oxygen atoms in total. The van der Waals surface area contributed by atoms with E-state index in [1.54, 1.807) is 0 Å². The van der Waals surface area contributed by atoms with Gasteiger partial charge in [-0.05, 0) is 45.6 Å². The molecule has 1 heterocycles. The van der Waals surface area contributed by atoms with Gasteiger partial charge in [0.15, 0.2) is 0 Å². The summed E-state index contributed by atoms with van der Waals surface area (Å²) >= 11 is 0. The quantitative estimate of drug-likeness (QED) is 0.756. The van der Waals surface area contributed by atoms with Crippen LogP contribution in [0.1, 0.15) is 39.5 Å². The van der Waals surface area contributed by atoms with E-state index in [9.17, 15) is 5.11 Å². The molecule has 2 rings (SSSR count). The molecule has 0 amide bonds. The molecular weight excluding hydrogens is 200 g/mol. The van der Waals surface area contributed by atoms with E-state index in [4.69, 9.17) is 0 Å². The summed E-state index contributed by atoms with van der Waals surface area (Å²) in [6, 6.07) is 1.89. The molecule has 0 radical (unpaired) electrons. The predicted octanol–water partition coefficient (Wildman–Crippen LogP) is 1.22. The maximum atomic E-state index is 9.30. The van der Waals surface area contributed by atoms with Crippen molar-refractivity contribution in [3.8, 4) is 0 Å². The van der Waals surface area contributed by atoms with Crippen LogP contribution in [0.15, 0.2) is 0 Å². The van der Waals surface area contributed by atoms with Crippen LogP contribution < -0.4 is 5.32 Å². The predicted molar refractivity (Wildman–Crippen MR) is 66.5 cm³/mol. The van der Waals surface area contributed by atoms with Crippen molar-refractivity contribution in [3.63, 3.8) is 0 Å². The molecule has 1 saturated carbocycles. The van der Waals surface area contributed by atoms with Crippen molar-refractivity contribution in [3.05, 3.63) is 0 Å². The van der Waals surface area contributed by atoms with Crippen molar-refractivity contribution in [1.82, 2.24) is 10.2 Å². The van der Waals surface area contributed by atoms with Gasteiger partial charge in [0, 0.05) is 31.3 Å². The van der Waals surface area contributed by atoms with Crippen LogP contribution in [0.3, 0.4) is 0 Å². The zero-order valence-corrected chi connectivity index (χ0v) is 10.7.